The van der Waals surface area contributed by atoms with Crippen molar-refractivity contribution >= 4 is 39.1 Å². The number of rotatable bonds is 8. The Kier molecular flexibility index (Phi) is 7.40. The molecule has 0 fully saturated rings. The second kappa shape index (κ2) is 9.55. The van der Waals surface area contributed by atoms with E-state index in [2.05, 4.69) is 21.2 Å². The average Bonchev–Trinajstić information content (AvgIpc) is 2.56. The fourth-order valence-electron chi connectivity index (χ4n) is 2.06. The van der Waals surface area contributed by atoms with Gasteiger partial charge < -0.3 is 14.8 Å². The van der Waals surface area contributed by atoms with Gasteiger partial charge in [-0.15, -0.1) is 0 Å². The van der Waals surface area contributed by atoms with Gasteiger partial charge in [-0.25, -0.2) is 0 Å². The van der Waals surface area contributed by atoms with Gasteiger partial charge in [-0.1, -0.05) is 39.7 Å². The molecule has 1 N–H and O–H groups in total. The first-order chi connectivity index (χ1) is 11.6. The Bertz CT molecular complexity index is 694. The Hall–Kier alpha value is -1.72. The highest BCUT2D eigenvalue weighted by atomic mass is 79.9. The summed E-state index contributed by atoms with van der Waals surface area (Å²) in [6.45, 7) is 2.94. The third-order valence-electron chi connectivity index (χ3n) is 3.16. The van der Waals surface area contributed by atoms with Crippen LogP contribution in [0.3, 0.4) is 0 Å². The molecule has 2 aromatic rings. The van der Waals surface area contributed by atoms with Gasteiger partial charge in [0.1, 0.15) is 0 Å². The molecule has 0 saturated heterocycles. The summed E-state index contributed by atoms with van der Waals surface area (Å²) in [6, 6.07) is 12.8. The Labute approximate surface area is 155 Å². The Morgan fingerprint density at radius 2 is 1.88 bits per heavy atom. The van der Waals surface area contributed by atoms with Gasteiger partial charge in [-0.3, -0.25) is 4.79 Å². The topological polar surface area (TPSA) is 47.6 Å². The maximum absolute atomic E-state index is 12.0. The summed E-state index contributed by atoms with van der Waals surface area (Å²) in [5.41, 5.74) is 0.604. The molecule has 24 heavy (non-hydrogen) atoms. The van der Waals surface area contributed by atoms with Gasteiger partial charge in [0.25, 0.3) is 0 Å². The number of para-hydroxylation sites is 2. The van der Waals surface area contributed by atoms with Crippen molar-refractivity contribution in [2.45, 2.75) is 19.8 Å². The van der Waals surface area contributed by atoms with Crippen LogP contribution < -0.4 is 14.8 Å². The highest BCUT2D eigenvalue weighted by Crippen LogP contribution is 2.27. The van der Waals surface area contributed by atoms with Crippen LogP contribution in [0, 0.1) is 0 Å². The standard InChI is InChI=1S/C18H19BrClNO3/c1-2-23-16-6-3-4-7-17(16)24-11-5-8-18(22)21-15-10-9-13(19)12-14(15)20/h3-4,6-7,9-10,12H,2,5,8,11H2,1H3,(H,21,22). The fraction of sp³-hybridized carbons (Fsp3) is 0.278. The van der Waals surface area contributed by atoms with Gasteiger partial charge in [-0.2, -0.15) is 0 Å². The maximum atomic E-state index is 12.0. The van der Waals surface area contributed by atoms with Crippen LogP contribution in [-0.4, -0.2) is 19.1 Å². The molecule has 0 radical (unpaired) electrons. The van der Waals surface area contributed by atoms with E-state index in [1.807, 2.05) is 37.3 Å². The van der Waals surface area contributed by atoms with Crippen LogP contribution in [0.2, 0.25) is 5.02 Å². The van der Waals surface area contributed by atoms with Gasteiger partial charge in [0, 0.05) is 10.9 Å². The summed E-state index contributed by atoms with van der Waals surface area (Å²) in [5, 5.41) is 3.30. The van der Waals surface area contributed by atoms with E-state index in [-0.39, 0.29) is 5.91 Å². The van der Waals surface area contributed by atoms with Crippen molar-refractivity contribution in [3.8, 4) is 11.5 Å². The second-order valence-corrected chi connectivity index (χ2v) is 6.33. The lowest BCUT2D eigenvalue weighted by Crippen LogP contribution is -2.13. The normalized spacial score (nSPS) is 10.3. The van der Waals surface area contributed by atoms with Crippen molar-refractivity contribution in [1.82, 2.24) is 0 Å². The van der Waals surface area contributed by atoms with Gasteiger partial charge >= 0.3 is 0 Å². The van der Waals surface area contributed by atoms with E-state index in [1.54, 1.807) is 12.1 Å². The van der Waals surface area contributed by atoms with E-state index in [1.165, 1.54) is 0 Å². The number of ether oxygens (including phenoxy) is 2. The van der Waals surface area contributed by atoms with Crippen molar-refractivity contribution < 1.29 is 14.3 Å². The molecule has 0 aliphatic rings. The van der Waals surface area contributed by atoms with E-state index < -0.39 is 0 Å². The van der Waals surface area contributed by atoms with Crippen LogP contribution in [0.25, 0.3) is 0 Å². The molecule has 0 unspecified atom stereocenters. The first kappa shape index (κ1) is 18.6. The molecule has 128 valence electrons. The first-order valence-electron chi connectivity index (χ1n) is 7.69. The van der Waals surface area contributed by atoms with Crippen LogP contribution in [0.15, 0.2) is 46.9 Å². The molecule has 4 nitrogen and oxygen atoms in total. The van der Waals surface area contributed by atoms with Crippen LogP contribution in [-0.2, 0) is 4.79 Å². The van der Waals surface area contributed by atoms with Crippen LogP contribution >= 0.6 is 27.5 Å². The minimum atomic E-state index is -0.0964. The van der Waals surface area contributed by atoms with Crippen LogP contribution in [0.5, 0.6) is 11.5 Å². The molecular formula is C18H19BrClNO3. The minimum absolute atomic E-state index is 0.0964. The van der Waals surface area contributed by atoms with E-state index in [9.17, 15) is 4.79 Å². The van der Waals surface area contributed by atoms with Crippen LogP contribution in [0.1, 0.15) is 19.8 Å². The van der Waals surface area contributed by atoms with E-state index in [0.29, 0.717) is 48.3 Å². The molecule has 0 aliphatic carbocycles. The van der Waals surface area contributed by atoms with Crippen molar-refractivity contribution in [1.29, 1.82) is 0 Å². The molecule has 0 aromatic heterocycles. The molecular weight excluding hydrogens is 394 g/mol. The Morgan fingerprint density at radius 1 is 1.17 bits per heavy atom. The van der Waals surface area contributed by atoms with Gasteiger partial charge in [-0.05, 0) is 43.7 Å². The van der Waals surface area contributed by atoms with Crippen molar-refractivity contribution in [2.75, 3.05) is 18.5 Å². The third-order valence-corrected chi connectivity index (χ3v) is 3.97. The minimum Gasteiger partial charge on any atom is -0.490 e. The number of carbonyl (C=O) groups is 1. The molecule has 0 bridgehead atoms. The molecule has 2 rings (SSSR count). The number of hydrogen-bond acceptors (Lipinski definition) is 3. The number of nitrogens with one attached hydrogen (secondary N) is 1. The number of benzene rings is 2. The van der Waals surface area contributed by atoms with Crippen molar-refractivity contribution in [3.05, 3.63) is 52.0 Å². The van der Waals surface area contributed by atoms with E-state index >= 15 is 0 Å². The summed E-state index contributed by atoms with van der Waals surface area (Å²) in [6.07, 6.45) is 0.948. The molecule has 0 heterocycles. The molecule has 0 saturated carbocycles. The number of carbonyl (C=O) groups excluding carboxylic acids is 1. The third kappa shape index (κ3) is 5.73. The lowest BCUT2D eigenvalue weighted by atomic mass is 10.2. The zero-order valence-electron chi connectivity index (χ0n) is 13.4. The molecule has 0 atom stereocenters. The summed E-state index contributed by atoms with van der Waals surface area (Å²) < 4.78 is 12.1. The number of amides is 1. The molecule has 2 aromatic carbocycles. The SMILES string of the molecule is CCOc1ccccc1OCCCC(=O)Nc1ccc(Br)cc1Cl. The zero-order valence-corrected chi connectivity index (χ0v) is 15.7. The monoisotopic (exact) mass is 411 g/mol. The number of hydrogen-bond donors (Lipinski definition) is 1. The Balaban J connectivity index is 1.77. The highest BCUT2D eigenvalue weighted by Gasteiger charge is 2.07. The molecule has 0 spiro atoms. The molecule has 1 amide bonds. The zero-order chi connectivity index (χ0) is 17.4. The second-order valence-electron chi connectivity index (χ2n) is 5.00. The average molecular weight is 413 g/mol. The number of halogens is 2. The number of anilines is 1. The predicted molar refractivity (Wildman–Crippen MR) is 100 cm³/mol. The smallest absolute Gasteiger partial charge is 0.224 e. The van der Waals surface area contributed by atoms with Crippen LogP contribution in [0.4, 0.5) is 5.69 Å². The molecule has 6 heteroatoms. The fourth-order valence-corrected chi connectivity index (χ4v) is 2.78. The summed E-state index contributed by atoms with van der Waals surface area (Å²) in [7, 11) is 0. The summed E-state index contributed by atoms with van der Waals surface area (Å²) >= 11 is 9.41. The van der Waals surface area contributed by atoms with Gasteiger partial charge in [0.15, 0.2) is 11.5 Å². The largest absolute Gasteiger partial charge is 0.490 e. The molecule has 0 aliphatic heterocycles. The Morgan fingerprint density at radius 3 is 2.54 bits per heavy atom. The maximum Gasteiger partial charge on any atom is 0.224 e. The van der Waals surface area contributed by atoms with E-state index in [4.69, 9.17) is 21.1 Å². The van der Waals surface area contributed by atoms with Gasteiger partial charge in [0.2, 0.25) is 5.91 Å². The predicted octanol–water partition coefficient (Wildman–Crippen LogP) is 5.30. The van der Waals surface area contributed by atoms with Crippen molar-refractivity contribution in [3.63, 3.8) is 0 Å². The summed E-state index contributed by atoms with van der Waals surface area (Å²) in [5.74, 6) is 1.31. The summed E-state index contributed by atoms with van der Waals surface area (Å²) in [4.78, 5) is 12.0. The highest BCUT2D eigenvalue weighted by molar-refractivity contribution is 9.10. The van der Waals surface area contributed by atoms with Gasteiger partial charge in [0.05, 0.1) is 23.9 Å². The first-order valence-corrected chi connectivity index (χ1v) is 8.86. The lowest BCUT2D eigenvalue weighted by Gasteiger charge is -2.11. The lowest BCUT2D eigenvalue weighted by molar-refractivity contribution is -0.116. The quantitative estimate of drug-likeness (QED) is 0.599. The van der Waals surface area contributed by atoms with Crippen molar-refractivity contribution in [2.24, 2.45) is 0 Å². The van der Waals surface area contributed by atoms with E-state index in [0.717, 1.165) is 4.47 Å².